The van der Waals surface area contributed by atoms with Gasteiger partial charge in [0.25, 0.3) is 0 Å². The van der Waals surface area contributed by atoms with Crippen molar-refractivity contribution in [2.45, 2.75) is 58.5 Å². The van der Waals surface area contributed by atoms with E-state index < -0.39 is 0 Å². The maximum atomic E-state index is 13.1. The van der Waals surface area contributed by atoms with Gasteiger partial charge in [-0.1, -0.05) is 38.8 Å². The molecule has 1 aliphatic heterocycles. The minimum atomic E-state index is -0.184. The van der Waals surface area contributed by atoms with E-state index in [0.29, 0.717) is 5.41 Å². The zero-order valence-corrected chi connectivity index (χ0v) is 13.6. The van der Waals surface area contributed by atoms with Gasteiger partial charge in [0.15, 0.2) is 0 Å². The SMILES string of the molecule is CCC1(CC)CCN(C(c2ccc(F)cc2)C(C)N)CC1. The van der Waals surface area contributed by atoms with Gasteiger partial charge < -0.3 is 5.73 Å². The van der Waals surface area contributed by atoms with E-state index >= 15 is 0 Å². The molecule has 2 N–H and O–H groups in total. The fourth-order valence-electron chi connectivity index (χ4n) is 3.74. The Labute approximate surface area is 128 Å². The molecular formula is C18H29FN2. The third-order valence-electron chi connectivity index (χ3n) is 5.46. The van der Waals surface area contributed by atoms with E-state index in [0.717, 1.165) is 18.7 Å². The van der Waals surface area contributed by atoms with Crippen molar-refractivity contribution in [3.63, 3.8) is 0 Å². The highest BCUT2D eigenvalue weighted by Crippen LogP contribution is 2.40. The van der Waals surface area contributed by atoms with Crippen molar-refractivity contribution in [2.75, 3.05) is 13.1 Å². The lowest BCUT2D eigenvalue weighted by atomic mass is 9.73. The minimum absolute atomic E-state index is 0.0474. The number of piperidine rings is 1. The first-order chi connectivity index (χ1) is 10.0. The molecule has 21 heavy (non-hydrogen) atoms. The molecule has 1 aromatic rings. The fourth-order valence-corrected chi connectivity index (χ4v) is 3.74. The standard InChI is InChI=1S/C18H29FN2/c1-4-18(5-2)10-12-21(13-11-18)17(14(3)20)15-6-8-16(19)9-7-15/h6-9,14,17H,4-5,10-13,20H2,1-3H3. The predicted octanol–water partition coefficient (Wildman–Crippen LogP) is 4.12. The topological polar surface area (TPSA) is 29.3 Å². The van der Waals surface area contributed by atoms with E-state index in [1.807, 2.05) is 12.1 Å². The number of nitrogens with zero attached hydrogens (tertiary/aromatic N) is 1. The number of likely N-dealkylation sites (tertiary alicyclic amines) is 1. The largest absolute Gasteiger partial charge is 0.326 e. The first-order valence-corrected chi connectivity index (χ1v) is 8.26. The van der Waals surface area contributed by atoms with Crippen LogP contribution in [0.1, 0.15) is 58.1 Å². The Morgan fingerprint density at radius 2 is 1.67 bits per heavy atom. The Morgan fingerprint density at radius 1 is 1.14 bits per heavy atom. The van der Waals surface area contributed by atoms with Crippen LogP contribution in [0.3, 0.4) is 0 Å². The number of hydrogen-bond donors (Lipinski definition) is 1. The quantitative estimate of drug-likeness (QED) is 0.884. The fraction of sp³-hybridized carbons (Fsp3) is 0.667. The second kappa shape index (κ2) is 6.89. The summed E-state index contributed by atoms with van der Waals surface area (Å²) in [5, 5.41) is 0. The van der Waals surface area contributed by atoms with E-state index in [2.05, 4.69) is 25.7 Å². The highest BCUT2D eigenvalue weighted by Gasteiger charge is 2.35. The highest BCUT2D eigenvalue weighted by molar-refractivity contribution is 5.21. The molecule has 2 nitrogen and oxygen atoms in total. The van der Waals surface area contributed by atoms with Crippen LogP contribution in [-0.4, -0.2) is 24.0 Å². The zero-order valence-electron chi connectivity index (χ0n) is 13.6. The number of benzene rings is 1. The van der Waals surface area contributed by atoms with Crippen LogP contribution in [-0.2, 0) is 0 Å². The first kappa shape index (κ1) is 16.4. The van der Waals surface area contributed by atoms with E-state index in [4.69, 9.17) is 5.73 Å². The van der Waals surface area contributed by atoms with Crippen LogP contribution < -0.4 is 5.73 Å². The molecule has 0 bridgehead atoms. The molecule has 2 atom stereocenters. The highest BCUT2D eigenvalue weighted by atomic mass is 19.1. The molecule has 1 saturated heterocycles. The lowest BCUT2D eigenvalue weighted by Gasteiger charge is -2.45. The van der Waals surface area contributed by atoms with Crippen molar-refractivity contribution in [3.8, 4) is 0 Å². The van der Waals surface area contributed by atoms with Crippen LogP contribution in [0, 0.1) is 11.2 Å². The summed E-state index contributed by atoms with van der Waals surface area (Å²) in [7, 11) is 0. The average Bonchev–Trinajstić information content (AvgIpc) is 2.50. The smallest absolute Gasteiger partial charge is 0.123 e. The number of hydrogen-bond acceptors (Lipinski definition) is 2. The van der Waals surface area contributed by atoms with E-state index in [1.165, 1.54) is 37.8 Å². The summed E-state index contributed by atoms with van der Waals surface area (Å²) in [4.78, 5) is 2.49. The summed E-state index contributed by atoms with van der Waals surface area (Å²) in [6.07, 6.45) is 5.00. The van der Waals surface area contributed by atoms with Gasteiger partial charge in [-0.25, -0.2) is 4.39 Å². The summed E-state index contributed by atoms with van der Waals surface area (Å²) in [6.45, 7) is 8.84. The Hall–Kier alpha value is -0.930. The molecule has 0 radical (unpaired) electrons. The third-order valence-corrected chi connectivity index (χ3v) is 5.46. The number of nitrogens with two attached hydrogens (primary N) is 1. The molecule has 1 aliphatic rings. The van der Waals surface area contributed by atoms with Crippen LogP contribution in [0.4, 0.5) is 4.39 Å². The van der Waals surface area contributed by atoms with Gasteiger partial charge in [0, 0.05) is 12.1 Å². The second-order valence-corrected chi connectivity index (χ2v) is 6.60. The van der Waals surface area contributed by atoms with Crippen LogP contribution >= 0.6 is 0 Å². The van der Waals surface area contributed by atoms with Crippen LogP contribution in [0.2, 0.25) is 0 Å². The lowest BCUT2D eigenvalue weighted by molar-refractivity contribution is 0.0587. The van der Waals surface area contributed by atoms with Crippen molar-refractivity contribution in [2.24, 2.45) is 11.1 Å². The summed E-state index contributed by atoms with van der Waals surface area (Å²) in [6, 6.07) is 7.08. The van der Waals surface area contributed by atoms with Crippen molar-refractivity contribution < 1.29 is 4.39 Å². The molecule has 1 aromatic carbocycles. The Kier molecular flexibility index (Phi) is 5.39. The lowest BCUT2D eigenvalue weighted by Crippen LogP contribution is -2.46. The summed E-state index contributed by atoms with van der Waals surface area (Å²) in [5.41, 5.74) is 7.88. The van der Waals surface area contributed by atoms with Crippen LogP contribution in [0.25, 0.3) is 0 Å². The zero-order chi connectivity index (χ0) is 15.5. The van der Waals surface area contributed by atoms with E-state index in [-0.39, 0.29) is 17.9 Å². The molecule has 0 aliphatic carbocycles. The number of halogens is 1. The molecular weight excluding hydrogens is 263 g/mol. The monoisotopic (exact) mass is 292 g/mol. The Bertz CT molecular complexity index is 427. The molecule has 0 aromatic heterocycles. The van der Waals surface area contributed by atoms with Gasteiger partial charge >= 0.3 is 0 Å². The maximum Gasteiger partial charge on any atom is 0.123 e. The number of rotatable bonds is 5. The first-order valence-electron chi connectivity index (χ1n) is 8.26. The average molecular weight is 292 g/mol. The van der Waals surface area contributed by atoms with E-state index in [1.54, 1.807) is 0 Å². The molecule has 118 valence electrons. The van der Waals surface area contributed by atoms with Crippen molar-refractivity contribution in [1.82, 2.24) is 4.90 Å². The molecule has 0 spiro atoms. The van der Waals surface area contributed by atoms with Gasteiger partial charge in [0.1, 0.15) is 5.82 Å². The Balaban J connectivity index is 2.12. The van der Waals surface area contributed by atoms with Crippen LogP contribution in [0.5, 0.6) is 0 Å². The van der Waals surface area contributed by atoms with Crippen molar-refractivity contribution >= 4 is 0 Å². The molecule has 3 heteroatoms. The minimum Gasteiger partial charge on any atom is -0.326 e. The van der Waals surface area contributed by atoms with Gasteiger partial charge in [-0.3, -0.25) is 4.90 Å². The maximum absolute atomic E-state index is 13.1. The van der Waals surface area contributed by atoms with Gasteiger partial charge in [-0.15, -0.1) is 0 Å². The van der Waals surface area contributed by atoms with Gasteiger partial charge in [0.2, 0.25) is 0 Å². The molecule has 2 rings (SSSR count). The molecule has 2 unspecified atom stereocenters. The molecule has 0 amide bonds. The summed E-state index contributed by atoms with van der Waals surface area (Å²) in [5.74, 6) is -0.184. The van der Waals surface area contributed by atoms with Crippen molar-refractivity contribution in [3.05, 3.63) is 35.6 Å². The second-order valence-electron chi connectivity index (χ2n) is 6.60. The molecule has 1 heterocycles. The molecule has 0 saturated carbocycles. The third kappa shape index (κ3) is 3.64. The van der Waals surface area contributed by atoms with Gasteiger partial charge in [0.05, 0.1) is 0 Å². The van der Waals surface area contributed by atoms with Gasteiger partial charge in [-0.2, -0.15) is 0 Å². The van der Waals surface area contributed by atoms with Gasteiger partial charge in [-0.05, 0) is 56.0 Å². The molecule has 1 fully saturated rings. The normalized spacial score (nSPS) is 22.0. The summed E-state index contributed by atoms with van der Waals surface area (Å²) < 4.78 is 13.1. The van der Waals surface area contributed by atoms with Crippen molar-refractivity contribution in [1.29, 1.82) is 0 Å². The summed E-state index contributed by atoms with van der Waals surface area (Å²) >= 11 is 0. The Morgan fingerprint density at radius 3 is 2.10 bits per heavy atom. The predicted molar refractivity (Wildman–Crippen MR) is 86.6 cm³/mol. The van der Waals surface area contributed by atoms with E-state index in [9.17, 15) is 4.39 Å². The van der Waals surface area contributed by atoms with Crippen LogP contribution in [0.15, 0.2) is 24.3 Å².